The molecule has 0 saturated heterocycles. The maximum Gasteiger partial charge on any atom is 0.416 e. The van der Waals surface area contributed by atoms with Crippen molar-refractivity contribution in [3.63, 3.8) is 0 Å². The molecule has 1 aliphatic carbocycles. The second-order valence-electron chi connectivity index (χ2n) is 7.10. The van der Waals surface area contributed by atoms with Crippen molar-refractivity contribution in [2.75, 3.05) is 13.1 Å². The molecule has 1 spiro atoms. The van der Waals surface area contributed by atoms with Crippen LogP contribution in [-0.2, 0) is 6.18 Å². The number of alkyl halides is 3. The highest BCUT2D eigenvalue weighted by Crippen LogP contribution is 2.43. The van der Waals surface area contributed by atoms with E-state index >= 15 is 0 Å². The van der Waals surface area contributed by atoms with Crippen LogP contribution < -0.4 is 5.32 Å². The summed E-state index contributed by atoms with van der Waals surface area (Å²) in [4.78, 5) is 9.63. The Morgan fingerprint density at radius 2 is 1.74 bits per heavy atom. The van der Waals surface area contributed by atoms with E-state index in [1.54, 1.807) is 12.4 Å². The summed E-state index contributed by atoms with van der Waals surface area (Å²) in [6, 6.07) is 5.12. The van der Waals surface area contributed by atoms with E-state index in [2.05, 4.69) is 15.3 Å². The summed E-state index contributed by atoms with van der Waals surface area (Å²) < 4.78 is 38.1. The molecule has 1 heterocycles. The number of nitrogens with one attached hydrogen (secondary N) is 1. The maximum atomic E-state index is 12.7. The fourth-order valence-corrected chi connectivity index (χ4v) is 4.45. The third kappa shape index (κ3) is 5.86. The predicted molar refractivity (Wildman–Crippen MR) is 105 cm³/mol. The Bertz CT molecular complexity index is 702. The summed E-state index contributed by atoms with van der Waals surface area (Å²) in [6.45, 7) is 1.69. The first-order chi connectivity index (χ1) is 13.0. The number of benzene rings is 1. The molecule has 3 rings (SSSR count). The number of hydrogen-bond acceptors (Lipinski definition) is 4. The molecule has 1 aromatic carbocycles. The molecule has 1 fully saturated rings. The monoisotopic (exact) mass is 395 g/mol. The van der Waals surface area contributed by atoms with Gasteiger partial charge < -0.3 is 5.32 Å². The number of thioether (sulfide) groups is 1. The van der Waals surface area contributed by atoms with Gasteiger partial charge in [0.2, 0.25) is 0 Å². The Balaban J connectivity index is 1.68. The lowest BCUT2D eigenvalue weighted by Crippen LogP contribution is -2.23. The third-order valence-corrected chi connectivity index (χ3v) is 6.16. The van der Waals surface area contributed by atoms with E-state index in [4.69, 9.17) is 0 Å². The minimum absolute atomic E-state index is 0.398. The smallest absolute Gasteiger partial charge is 0.390 e. The number of nitrogens with zero attached hydrogens (tertiary/aromatic N) is 2. The lowest BCUT2D eigenvalue weighted by Gasteiger charge is -2.28. The number of aliphatic imine (C=N–C) groups is 2. The molecule has 27 heavy (non-hydrogen) atoms. The fourth-order valence-electron chi connectivity index (χ4n) is 3.70. The molecule has 1 N–H and O–H groups in total. The summed E-state index contributed by atoms with van der Waals surface area (Å²) in [5.74, 6) is 0. The summed E-state index contributed by atoms with van der Waals surface area (Å²) >= 11 is 1.31. The van der Waals surface area contributed by atoms with Crippen molar-refractivity contribution in [1.82, 2.24) is 5.32 Å². The fraction of sp³-hybridized carbons (Fsp3) is 0.500. The van der Waals surface area contributed by atoms with Crippen molar-refractivity contribution in [2.24, 2.45) is 15.4 Å². The molecule has 7 heteroatoms. The van der Waals surface area contributed by atoms with Gasteiger partial charge in [-0.3, -0.25) is 4.99 Å². The van der Waals surface area contributed by atoms with Gasteiger partial charge in [0.1, 0.15) is 5.04 Å². The molecule has 2 aliphatic rings. The molecular weight excluding hydrogens is 371 g/mol. The van der Waals surface area contributed by atoms with Crippen molar-refractivity contribution >= 4 is 23.0 Å². The number of hydrogen-bond donors (Lipinski definition) is 1. The molecule has 0 atom stereocenters. The molecule has 0 unspecified atom stereocenters. The van der Waals surface area contributed by atoms with Crippen molar-refractivity contribution in [3.05, 3.63) is 42.2 Å². The lowest BCUT2D eigenvalue weighted by atomic mass is 9.79. The van der Waals surface area contributed by atoms with Crippen LogP contribution in [0.5, 0.6) is 0 Å². The normalized spacial score (nSPS) is 21.8. The van der Waals surface area contributed by atoms with Crippen LogP contribution in [0.2, 0.25) is 0 Å². The van der Waals surface area contributed by atoms with Crippen molar-refractivity contribution in [1.29, 1.82) is 0 Å². The molecular formula is C20H24F3N3S. The zero-order chi connectivity index (χ0) is 19.2. The van der Waals surface area contributed by atoms with Gasteiger partial charge >= 0.3 is 6.18 Å². The minimum atomic E-state index is -4.32. The van der Waals surface area contributed by atoms with E-state index in [1.807, 2.05) is 6.20 Å². The second kappa shape index (κ2) is 8.95. The first kappa shape index (κ1) is 20.0. The molecule has 1 aliphatic heterocycles. The van der Waals surface area contributed by atoms with E-state index in [0.717, 1.165) is 38.1 Å². The summed E-state index contributed by atoms with van der Waals surface area (Å²) in [5, 5.41) is 3.96. The first-order valence-corrected chi connectivity index (χ1v) is 10.1. The van der Waals surface area contributed by atoms with Gasteiger partial charge in [-0.25, -0.2) is 4.99 Å². The summed E-state index contributed by atoms with van der Waals surface area (Å²) in [5.41, 5.74) is -0.248. The molecule has 0 radical (unpaired) electrons. The van der Waals surface area contributed by atoms with Crippen LogP contribution in [0.25, 0.3) is 0 Å². The Labute approximate surface area is 162 Å². The van der Waals surface area contributed by atoms with Crippen molar-refractivity contribution in [3.8, 4) is 0 Å². The van der Waals surface area contributed by atoms with Crippen molar-refractivity contribution < 1.29 is 13.2 Å². The van der Waals surface area contributed by atoms with Crippen LogP contribution in [0.4, 0.5) is 13.2 Å². The molecule has 0 bridgehead atoms. The van der Waals surface area contributed by atoms with Gasteiger partial charge in [-0.05, 0) is 55.4 Å². The van der Waals surface area contributed by atoms with E-state index in [1.165, 1.54) is 49.6 Å². The zero-order valence-corrected chi connectivity index (χ0v) is 16.0. The average molecular weight is 395 g/mol. The lowest BCUT2D eigenvalue weighted by molar-refractivity contribution is -0.137. The standard InChI is InChI=1S/C20H24F3N3S/c21-20(22,23)16-3-5-17(6-4-16)27-18-15-25-12-10-19(7-1-2-8-19)9-11-24-13-14-26-18/h3-6,13-15,24H,1-2,7-12H2/b14-13+,25-15?,26-18?. The largest absolute Gasteiger partial charge is 0.416 e. The first-order valence-electron chi connectivity index (χ1n) is 9.28. The van der Waals surface area contributed by atoms with E-state index < -0.39 is 11.7 Å². The van der Waals surface area contributed by atoms with Crippen LogP contribution in [0.15, 0.2) is 51.5 Å². The highest BCUT2D eigenvalue weighted by atomic mass is 32.2. The van der Waals surface area contributed by atoms with Crippen LogP contribution in [0.3, 0.4) is 0 Å². The van der Waals surface area contributed by atoms with Crippen LogP contribution in [0.1, 0.15) is 44.1 Å². The predicted octanol–water partition coefficient (Wildman–Crippen LogP) is 5.68. The number of halogens is 3. The maximum absolute atomic E-state index is 12.7. The Kier molecular flexibility index (Phi) is 6.63. The SMILES string of the molecule is FC(F)(F)c1ccc(SC2=N/C=C/NCCC3(CCCC3)CCN=C2)cc1. The van der Waals surface area contributed by atoms with Gasteiger partial charge in [0.25, 0.3) is 0 Å². The van der Waals surface area contributed by atoms with Gasteiger partial charge in [-0.15, -0.1) is 0 Å². The van der Waals surface area contributed by atoms with Gasteiger partial charge in [-0.2, -0.15) is 13.2 Å². The highest BCUT2D eigenvalue weighted by Gasteiger charge is 2.32. The molecule has 3 nitrogen and oxygen atoms in total. The quantitative estimate of drug-likeness (QED) is 0.664. The van der Waals surface area contributed by atoms with E-state index in [0.29, 0.717) is 15.4 Å². The Morgan fingerprint density at radius 3 is 2.44 bits per heavy atom. The van der Waals surface area contributed by atoms with Gasteiger partial charge in [0, 0.05) is 30.4 Å². The molecule has 146 valence electrons. The van der Waals surface area contributed by atoms with E-state index in [-0.39, 0.29) is 0 Å². The highest BCUT2D eigenvalue weighted by molar-refractivity contribution is 8.15. The summed E-state index contributed by atoms with van der Waals surface area (Å²) in [7, 11) is 0. The van der Waals surface area contributed by atoms with Gasteiger partial charge in [0.15, 0.2) is 0 Å². The van der Waals surface area contributed by atoms with Gasteiger partial charge in [-0.1, -0.05) is 24.6 Å². The third-order valence-electron chi connectivity index (χ3n) is 5.24. The molecule has 0 aromatic heterocycles. The Morgan fingerprint density at radius 1 is 1.00 bits per heavy atom. The Hall–Kier alpha value is -1.76. The van der Waals surface area contributed by atoms with Crippen molar-refractivity contribution in [2.45, 2.75) is 49.6 Å². The zero-order valence-electron chi connectivity index (χ0n) is 15.1. The topological polar surface area (TPSA) is 36.8 Å². The van der Waals surface area contributed by atoms with Crippen LogP contribution in [-0.4, -0.2) is 24.3 Å². The van der Waals surface area contributed by atoms with Gasteiger partial charge in [0.05, 0.1) is 11.8 Å². The van der Waals surface area contributed by atoms with Crippen LogP contribution >= 0.6 is 11.8 Å². The number of rotatable bonds is 1. The molecule has 1 aromatic rings. The second-order valence-corrected chi connectivity index (χ2v) is 8.20. The van der Waals surface area contributed by atoms with E-state index in [9.17, 15) is 13.2 Å². The summed E-state index contributed by atoms with van der Waals surface area (Å²) in [6.07, 6.45) is 8.30. The molecule has 1 saturated carbocycles. The average Bonchev–Trinajstić information content (AvgIpc) is 3.09. The minimum Gasteiger partial charge on any atom is -0.390 e. The molecule has 0 amide bonds. The van der Waals surface area contributed by atoms with Crippen LogP contribution in [0, 0.1) is 5.41 Å².